The molecule has 0 aliphatic carbocycles. The average molecular weight is 457 g/mol. The Morgan fingerprint density at radius 3 is 2.71 bits per heavy atom. The van der Waals surface area contributed by atoms with E-state index in [0.29, 0.717) is 37.8 Å². The summed E-state index contributed by atoms with van der Waals surface area (Å²) in [4.78, 5) is 48.8. The number of halogens is 1. The van der Waals surface area contributed by atoms with Crippen molar-refractivity contribution in [2.75, 3.05) is 7.11 Å². The summed E-state index contributed by atoms with van der Waals surface area (Å²) in [7, 11) is 1.30. The van der Waals surface area contributed by atoms with E-state index in [9.17, 15) is 14.4 Å². The molecule has 0 aliphatic rings. The van der Waals surface area contributed by atoms with Crippen molar-refractivity contribution in [3.8, 4) is 0 Å². The van der Waals surface area contributed by atoms with Crippen molar-refractivity contribution in [3.63, 3.8) is 0 Å². The van der Waals surface area contributed by atoms with E-state index in [1.54, 1.807) is 42.5 Å². The molecule has 10 heteroatoms. The van der Waals surface area contributed by atoms with E-state index >= 15 is 0 Å². The average Bonchev–Trinajstić information content (AvgIpc) is 2.77. The van der Waals surface area contributed by atoms with Crippen molar-refractivity contribution in [1.82, 2.24) is 19.5 Å². The Morgan fingerprint density at radius 2 is 1.90 bits per heavy atom. The Hall–Kier alpha value is -3.17. The molecule has 0 fully saturated rings. The minimum absolute atomic E-state index is 0.0375. The number of aromatic nitrogens is 4. The maximum Gasteiger partial charge on any atom is 0.307 e. The third kappa shape index (κ3) is 4.47. The lowest BCUT2D eigenvalue weighted by Crippen LogP contribution is -2.25. The minimum atomic E-state index is -0.421. The number of hydrogen-bond acceptors (Lipinski definition) is 7. The molecule has 2 heterocycles. The Bertz CT molecular complexity index is 1420. The van der Waals surface area contributed by atoms with Crippen molar-refractivity contribution < 1.29 is 9.53 Å². The molecule has 1 N–H and O–H groups in total. The van der Waals surface area contributed by atoms with E-state index in [4.69, 9.17) is 16.3 Å². The monoisotopic (exact) mass is 456 g/mol. The first-order valence-electron chi connectivity index (χ1n) is 9.34. The minimum Gasteiger partial charge on any atom is -0.469 e. The fourth-order valence-electron chi connectivity index (χ4n) is 3.12. The summed E-state index contributed by atoms with van der Waals surface area (Å²) >= 11 is 7.21. The topological polar surface area (TPSA) is 107 Å². The van der Waals surface area contributed by atoms with Gasteiger partial charge < -0.3 is 9.72 Å². The second-order valence-electron chi connectivity index (χ2n) is 6.66. The SMILES string of the molecule is COC(=O)CCn1c(SCc2nc3ccc(Cl)cc3c(=O)[nH]2)nc2ccccc2c1=O. The van der Waals surface area contributed by atoms with Crippen LogP contribution in [0.25, 0.3) is 21.8 Å². The molecule has 0 radical (unpaired) electrons. The number of thioether (sulfide) groups is 1. The van der Waals surface area contributed by atoms with Crippen LogP contribution in [-0.2, 0) is 21.8 Å². The first-order chi connectivity index (χ1) is 15.0. The van der Waals surface area contributed by atoms with Gasteiger partial charge in [-0.05, 0) is 30.3 Å². The second-order valence-corrected chi connectivity index (χ2v) is 8.04. The maximum atomic E-state index is 13.0. The first kappa shape index (κ1) is 21.1. The third-order valence-corrected chi connectivity index (χ3v) is 5.87. The van der Waals surface area contributed by atoms with Crippen LogP contribution < -0.4 is 11.1 Å². The highest BCUT2D eigenvalue weighted by Crippen LogP contribution is 2.22. The summed E-state index contributed by atoms with van der Waals surface area (Å²) in [5.41, 5.74) is 0.543. The Kier molecular flexibility index (Phi) is 6.06. The molecular formula is C21H17ClN4O4S. The molecule has 0 aliphatic heterocycles. The number of rotatable bonds is 6. The maximum absolute atomic E-state index is 13.0. The van der Waals surface area contributed by atoms with E-state index < -0.39 is 5.97 Å². The molecule has 158 valence electrons. The second kappa shape index (κ2) is 8.91. The van der Waals surface area contributed by atoms with Gasteiger partial charge in [0.1, 0.15) is 5.82 Å². The highest BCUT2D eigenvalue weighted by atomic mass is 35.5. The highest BCUT2D eigenvalue weighted by Gasteiger charge is 2.14. The van der Waals surface area contributed by atoms with Crippen molar-refractivity contribution in [3.05, 3.63) is 74.0 Å². The van der Waals surface area contributed by atoms with E-state index in [1.165, 1.54) is 23.4 Å². The molecule has 0 spiro atoms. The van der Waals surface area contributed by atoms with Crippen LogP contribution >= 0.6 is 23.4 Å². The zero-order valence-corrected chi connectivity index (χ0v) is 18.0. The summed E-state index contributed by atoms with van der Waals surface area (Å²) in [5.74, 6) is 0.290. The molecule has 0 saturated carbocycles. The predicted molar refractivity (Wildman–Crippen MR) is 120 cm³/mol. The Labute approximate surface area is 185 Å². The van der Waals surface area contributed by atoms with Crippen molar-refractivity contribution in [2.24, 2.45) is 0 Å². The molecule has 0 bridgehead atoms. The van der Waals surface area contributed by atoms with Crippen LogP contribution in [0.1, 0.15) is 12.2 Å². The number of methoxy groups -OCH3 is 1. The lowest BCUT2D eigenvalue weighted by Gasteiger charge is -2.12. The van der Waals surface area contributed by atoms with Crippen molar-refractivity contribution in [2.45, 2.75) is 23.9 Å². The fourth-order valence-corrected chi connectivity index (χ4v) is 4.19. The molecule has 0 amide bonds. The van der Waals surface area contributed by atoms with Gasteiger partial charge in [0.15, 0.2) is 5.16 Å². The van der Waals surface area contributed by atoms with Gasteiger partial charge in [0.05, 0.1) is 41.1 Å². The predicted octanol–water partition coefficient (Wildman–Crippen LogP) is 3.14. The standard InChI is InChI=1S/C21H17ClN4O4S/c1-30-18(27)8-9-26-20(29)13-4-2-3-5-15(13)24-21(26)31-11-17-23-16-7-6-12(22)10-14(16)19(28)25-17/h2-7,10H,8-9,11H2,1H3,(H,23,25,28). The largest absolute Gasteiger partial charge is 0.469 e. The molecule has 0 unspecified atom stereocenters. The summed E-state index contributed by atoms with van der Waals surface area (Å²) in [6, 6.07) is 11.9. The number of hydrogen-bond donors (Lipinski definition) is 1. The molecule has 0 saturated heterocycles. The van der Waals surface area contributed by atoms with E-state index in [2.05, 4.69) is 15.0 Å². The number of esters is 1. The van der Waals surface area contributed by atoms with Crippen molar-refractivity contribution >= 4 is 51.1 Å². The van der Waals surface area contributed by atoms with Crippen LogP contribution in [0.3, 0.4) is 0 Å². The van der Waals surface area contributed by atoms with Crippen LogP contribution in [0.4, 0.5) is 0 Å². The number of para-hydroxylation sites is 1. The molecule has 8 nitrogen and oxygen atoms in total. The zero-order valence-electron chi connectivity index (χ0n) is 16.4. The molecule has 31 heavy (non-hydrogen) atoms. The van der Waals surface area contributed by atoms with Gasteiger partial charge in [-0.1, -0.05) is 35.5 Å². The van der Waals surface area contributed by atoms with Gasteiger partial charge in [-0.2, -0.15) is 0 Å². The quantitative estimate of drug-likeness (QED) is 0.270. The number of ether oxygens (including phenoxy) is 1. The molecule has 4 rings (SSSR count). The van der Waals surface area contributed by atoms with Gasteiger partial charge in [-0.25, -0.2) is 9.97 Å². The zero-order chi connectivity index (χ0) is 22.0. The third-order valence-electron chi connectivity index (χ3n) is 4.65. The Balaban J connectivity index is 1.69. The van der Waals surface area contributed by atoms with Crippen LogP contribution in [0.15, 0.2) is 57.2 Å². The lowest BCUT2D eigenvalue weighted by atomic mass is 10.2. The highest BCUT2D eigenvalue weighted by molar-refractivity contribution is 7.98. The lowest BCUT2D eigenvalue weighted by molar-refractivity contribution is -0.140. The summed E-state index contributed by atoms with van der Waals surface area (Å²) in [6.07, 6.45) is 0.0375. The summed E-state index contributed by atoms with van der Waals surface area (Å²) in [5, 5.41) is 1.74. The van der Waals surface area contributed by atoms with Crippen LogP contribution in [-0.4, -0.2) is 32.6 Å². The number of nitrogens with one attached hydrogen (secondary N) is 1. The number of nitrogens with zero attached hydrogens (tertiary/aromatic N) is 3. The normalized spacial score (nSPS) is 11.2. The number of fused-ring (bicyclic) bond motifs is 2. The Morgan fingerprint density at radius 1 is 1.13 bits per heavy atom. The summed E-state index contributed by atoms with van der Waals surface area (Å²) < 4.78 is 6.14. The van der Waals surface area contributed by atoms with E-state index in [-0.39, 0.29) is 29.8 Å². The van der Waals surface area contributed by atoms with Crippen LogP contribution in [0.5, 0.6) is 0 Å². The van der Waals surface area contributed by atoms with Crippen molar-refractivity contribution in [1.29, 1.82) is 0 Å². The molecule has 0 atom stereocenters. The fraction of sp³-hybridized carbons (Fsp3) is 0.190. The molecule has 2 aromatic carbocycles. The van der Waals surface area contributed by atoms with E-state index in [1.807, 2.05) is 0 Å². The van der Waals surface area contributed by atoms with E-state index in [0.717, 1.165) is 0 Å². The van der Waals surface area contributed by atoms with Gasteiger partial charge in [0.25, 0.3) is 11.1 Å². The molecule has 2 aromatic heterocycles. The van der Waals surface area contributed by atoms with Gasteiger partial charge >= 0.3 is 5.97 Å². The summed E-state index contributed by atoms with van der Waals surface area (Å²) in [6.45, 7) is 0.131. The number of carbonyl (C=O) groups is 1. The molecular weight excluding hydrogens is 440 g/mol. The van der Waals surface area contributed by atoms with Gasteiger partial charge in [0.2, 0.25) is 0 Å². The first-order valence-corrected chi connectivity index (χ1v) is 10.7. The number of H-pyrrole nitrogens is 1. The van der Waals surface area contributed by atoms with Crippen LogP contribution in [0.2, 0.25) is 5.02 Å². The number of benzene rings is 2. The van der Waals surface area contributed by atoms with Gasteiger partial charge in [-0.3, -0.25) is 19.0 Å². The smallest absolute Gasteiger partial charge is 0.307 e. The van der Waals surface area contributed by atoms with Crippen LogP contribution in [0, 0.1) is 0 Å². The number of carbonyl (C=O) groups excluding carboxylic acids is 1. The number of aromatic amines is 1. The molecule has 4 aromatic rings. The van der Waals surface area contributed by atoms with Gasteiger partial charge in [0, 0.05) is 11.6 Å². The van der Waals surface area contributed by atoms with Gasteiger partial charge in [-0.15, -0.1) is 0 Å².